The van der Waals surface area contributed by atoms with Crippen LogP contribution in [0.15, 0.2) is 61.1 Å². The maximum absolute atomic E-state index is 12.8. The third-order valence-corrected chi connectivity index (χ3v) is 4.98. The van der Waals surface area contributed by atoms with Crippen LogP contribution in [-0.2, 0) is 6.54 Å². The van der Waals surface area contributed by atoms with Crippen LogP contribution in [-0.4, -0.2) is 39.4 Å². The summed E-state index contributed by atoms with van der Waals surface area (Å²) in [5, 5.41) is 7.18. The topological polar surface area (TPSA) is 72.3 Å². The summed E-state index contributed by atoms with van der Waals surface area (Å²) in [6.07, 6.45) is 7.28. The minimum Gasteiger partial charge on any atom is -0.497 e. The number of rotatable bonds is 5. The first-order valence-corrected chi connectivity index (χ1v) is 9.38. The predicted molar refractivity (Wildman–Crippen MR) is 105 cm³/mol. The van der Waals surface area contributed by atoms with Crippen molar-refractivity contribution in [2.45, 2.75) is 25.4 Å². The van der Waals surface area contributed by atoms with Gasteiger partial charge in [0.2, 0.25) is 0 Å². The lowest BCUT2D eigenvalue weighted by Crippen LogP contribution is -2.39. The molecule has 28 heavy (non-hydrogen) atoms. The van der Waals surface area contributed by atoms with Crippen molar-refractivity contribution in [3.8, 4) is 11.6 Å². The molecule has 0 radical (unpaired) electrons. The van der Waals surface area contributed by atoms with Crippen molar-refractivity contribution in [1.29, 1.82) is 0 Å². The number of ether oxygens (including phenoxy) is 1. The quantitative estimate of drug-likeness (QED) is 0.740. The van der Waals surface area contributed by atoms with Crippen LogP contribution in [0.4, 0.5) is 4.79 Å². The monoisotopic (exact) mass is 377 g/mol. The zero-order valence-electron chi connectivity index (χ0n) is 15.8. The molecule has 1 N–H and O–H groups in total. The van der Waals surface area contributed by atoms with Crippen molar-refractivity contribution < 1.29 is 9.53 Å². The molecule has 0 aliphatic carbocycles. The van der Waals surface area contributed by atoms with Gasteiger partial charge in [0.05, 0.1) is 13.2 Å². The number of nitrogens with zero attached hydrogens (tertiary/aromatic N) is 4. The van der Waals surface area contributed by atoms with Crippen molar-refractivity contribution in [1.82, 2.24) is 25.0 Å². The molecule has 144 valence electrons. The van der Waals surface area contributed by atoms with E-state index in [-0.39, 0.29) is 12.1 Å². The normalized spacial score (nSPS) is 16.2. The number of nitrogens with one attached hydrogen (secondary N) is 1. The van der Waals surface area contributed by atoms with Crippen LogP contribution >= 0.6 is 0 Å². The Morgan fingerprint density at radius 3 is 2.96 bits per heavy atom. The molecule has 1 atom stereocenters. The molecule has 1 saturated heterocycles. The fourth-order valence-corrected chi connectivity index (χ4v) is 3.55. The van der Waals surface area contributed by atoms with Gasteiger partial charge in [-0.25, -0.2) is 14.5 Å². The summed E-state index contributed by atoms with van der Waals surface area (Å²) in [6.45, 7) is 1.19. The van der Waals surface area contributed by atoms with E-state index in [1.54, 1.807) is 24.2 Å². The molecule has 1 aliphatic rings. The lowest BCUT2D eigenvalue weighted by atomic mass is 10.0. The van der Waals surface area contributed by atoms with Gasteiger partial charge in [-0.05, 0) is 48.2 Å². The summed E-state index contributed by atoms with van der Waals surface area (Å²) in [7, 11) is 1.66. The van der Waals surface area contributed by atoms with Crippen molar-refractivity contribution in [3.63, 3.8) is 0 Å². The van der Waals surface area contributed by atoms with Gasteiger partial charge in [-0.15, -0.1) is 0 Å². The lowest BCUT2D eigenvalue weighted by Gasteiger charge is -2.25. The van der Waals surface area contributed by atoms with Crippen LogP contribution in [0, 0.1) is 0 Å². The van der Waals surface area contributed by atoms with Gasteiger partial charge in [-0.3, -0.25) is 0 Å². The molecular weight excluding hydrogens is 354 g/mol. The Kier molecular flexibility index (Phi) is 5.23. The highest BCUT2D eigenvalue weighted by molar-refractivity contribution is 5.75. The zero-order valence-corrected chi connectivity index (χ0v) is 15.8. The van der Waals surface area contributed by atoms with Gasteiger partial charge in [-0.2, -0.15) is 5.10 Å². The van der Waals surface area contributed by atoms with E-state index in [4.69, 9.17) is 4.74 Å². The summed E-state index contributed by atoms with van der Waals surface area (Å²) < 4.78 is 7.02. The molecule has 0 spiro atoms. The van der Waals surface area contributed by atoms with Crippen LogP contribution in [0.25, 0.3) is 5.82 Å². The standard InChI is InChI=1S/C21H23N5O2/c1-28-18-6-2-5-17(13-18)19-7-3-11-25(19)21(27)23-15-16-8-9-20(22-14-16)26-12-4-10-24-26/h2,4-6,8-10,12-14,19H,3,7,11,15H2,1H3,(H,23,27). The van der Waals surface area contributed by atoms with E-state index in [9.17, 15) is 4.79 Å². The first-order valence-electron chi connectivity index (χ1n) is 9.38. The van der Waals surface area contributed by atoms with Gasteiger partial charge >= 0.3 is 6.03 Å². The number of pyridine rings is 1. The van der Waals surface area contributed by atoms with Crippen LogP contribution < -0.4 is 10.1 Å². The summed E-state index contributed by atoms with van der Waals surface area (Å²) in [4.78, 5) is 19.1. The number of likely N-dealkylation sites (tertiary alicyclic amines) is 1. The second-order valence-electron chi connectivity index (χ2n) is 6.76. The number of benzene rings is 1. The third kappa shape index (κ3) is 3.83. The SMILES string of the molecule is COc1cccc(C2CCCN2C(=O)NCc2ccc(-n3cccn3)nc2)c1. The van der Waals surface area contributed by atoms with E-state index >= 15 is 0 Å². The first-order chi connectivity index (χ1) is 13.7. The van der Waals surface area contributed by atoms with Crippen molar-refractivity contribution in [2.75, 3.05) is 13.7 Å². The molecule has 7 nitrogen and oxygen atoms in total. The molecule has 3 aromatic rings. The lowest BCUT2D eigenvalue weighted by molar-refractivity contribution is 0.192. The third-order valence-electron chi connectivity index (χ3n) is 4.98. The van der Waals surface area contributed by atoms with E-state index in [0.717, 1.165) is 42.1 Å². The molecule has 1 aromatic carbocycles. The molecule has 2 aromatic heterocycles. The summed E-state index contributed by atoms with van der Waals surface area (Å²) in [5.41, 5.74) is 2.05. The van der Waals surface area contributed by atoms with Crippen molar-refractivity contribution in [3.05, 3.63) is 72.2 Å². The fourth-order valence-electron chi connectivity index (χ4n) is 3.55. The molecule has 2 amide bonds. The molecular formula is C21H23N5O2. The minimum atomic E-state index is -0.0542. The van der Waals surface area contributed by atoms with E-state index < -0.39 is 0 Å². The van der Waals surface area contributed by atoms with Crippen LogP contribution in [0.2, 0.25) is 0 Å². The van der Waals surface area contributed by atoms with Crippen LogP contribution in [0.3, 0.4) is 0 Å². The smallest absolute Gasteiger partial charge is 0.318 e. The average Bonchev–Trinajstić information content (AvgIpc) is 3.44. The molecule has 7 heteroatoms. The molecule has 1 aliphatic heterocycles. The van der Waals surface area contributed by atoms with E-state index in [2.05, 4.69) is 21.5 Å². The van der Waals surface area contributed by atoms with Crippen LogP contribution in [0.1, 0.15) is 30.0 Å². The predicted octanol–water partition coefficient (Wildman–Crippen LogP) is 3.32. The summed E-state index contributed by atoms with van der Waals surface area (Å²) in [5.74, 6) is 1.56. The second-order valence-corrected chi connectivity index (χ2v) is 6.76. The van der Waals surface area contributed by atoms with Gasteiger partial charge < -0.3 is 15.0 Å². The Morgan fingerprint density at radius 2 is 2.21 bits per heavy atom. The van der Waals surface area contributed by atoms with Gasteiger partial charge in [-0.1, -0.05) is 18.2 Å². The average molecular weight is 377 g/mol. The molecule has 4 rings (SSSR count). The zero-order chi connectivity index (χ0) is 19.3. The number of hydrogen-bond donors (Lipinski definition) is 1. The first kappa shape index (κ1) is 18.0. The Bertz CT molecular complexity index is 924. The molecule has 1 fully saturated rings. The summed E-state index contributed by atoms with van der Waals surface area (Å²) in [6, 6.07) is 13.7. The molecule has 0 bridgehead atoms. The number of aromatic nitrogens is 3. The number of methoxy groups -OCH3 is 1. The maximum Gasteiger partial charge on any atom is 0.318 e. The molecule has 1 unspecified atom stereocenters. The maximum atomic E-state index is 12.8. The fraction of sp³-hybridized carbons (Fsp3) is 0.286. The van der Waals surface area contributed by atoms with Crippen molar-refractivity contribution in [2.24, 2.45) is 0 Å². The number of carbonyl (C=O) groups is 1. The Balaban J connectivity index is 1.39. The van der Waals surface area contributed by atoms with Gasteiger partial charge in [0.15, 0.2) is 5.82 Å². The number of carbonyl (C=O) groups excluding carboxylic acids is 1. The number of urea groups is 1. The molecule has 0 saturated carbocycles. The summed E-state index contributed by atoms with van der Waals surface area (Å²) >= 11 is 0. The molecule has 3 heterocycles. The number of amides is 2. The van der Waals surface area contributed by atoms with E-state index in [1.165, 1.54) is 0 Å². The van der Waals surface area contributed by atoms with E-state index in [1.807, 2.05) is 47.5 Å². The van der Waals surface area contributed by atoms with Crippen molar-refractivity contribution >= 4 is 6.03 Å². The minimum absolute atomic E-state index is 0.0542. The van der Waals surface area contributed by atoms with Gasteiger partial charge in [0.25, 0.3) is 0 Å². The highest BCUT2D eigenvalue weighted by Gasteiger charge is 2.30. The second kappa shape index (κ2) is 8.12. The largest absolute Gasteiger partial charge is 0.497 e. The van der Waals surface area contributed by atoms with Crippen LogP contribution in [0.5, 0.6) is 5.75 Å². The highest BCUT2D eigenvalue weighted by atomic mass is 16.5. The highest BCUT2D eigenvalue weighted by Crippen LogP contribution is 2.33. The Hall–Kier alpha value is -3.35. The van der Waals surface area contributed by atoms with Gasteiger partial charge in [0.1, 0.15) is 5.75 Å². The Morgan fingerprint density at radius 1 is 1.29 bits per heavy atom. The number of hydrogen-bond acceptors (Lipinski definition) is 4. The van der Waals surface area contributed by atoms with E-state index in [0.29, 0.717) is 6.54 Å². The van der Waals surface area contributed by atoms with Gasteiger partial charge in [0, 0.05) is 31.7 Å². The Labute approximate surface area is 164 Å².